The second-order valence-corrected chi connectivity index (χ2v) is 6.61. The van der Waals surface area contributed by atoms with E-state index in [0.29, 0.717) is 12.0 Å². The molecule has 0 saturated heterocycles. The van der Waals surface area contributed by atoms with Crippen molar-refractivity contribution in [3.8, 4) is 0 Å². The molecule has 1 fully saturated rings. The van der Waals surface area contributed by atoms with E-state index in [4.69, 9.17) is 4.74 Å². The Morgan fingerprint density at radius 1 is 1.17 bits per heavy atom. The van der Waals surface area contributed by atoms with Crippen LogP contribution >= 0.6 is 0 Å². The lowest BCUT2D eigenvalue weighted by atomic mass is 9.84. The van der Waals surface area contributed by atoms with E-state index in [-0.39, 0.29) is 12.0 Å². The second kappa shape index (κ2) is 6.55. The zero-order valence-corrected chi connectivity index (χ0v) is 12.6. The molecule has 0 aromatic heterocycles. The fourth-order valence-electron chi connectivity index (χ4n) is 2.62. The third-order valence-corrected chi connectivity index (χ3v) is 3.63. The summed E-state index contributed by atoms with van der Waals surface area (Å²) in [5.74, 6) is 0.564. The first kappa shape index (κ1) is 15.5. The molecule has 0 radical (unpaired) electrons. The van der Waals surface area contributed by atoms with Crippen LogP contribution in [0.15, 0.2) is 0 Å². The van der Waals surface area contributed by atoms with Crippen LogP contribution in [-0.4, -0.2) is 23.7 Å². The van der Waals surface area contributed by atoms with Gasteiger partial charge in [-0.1, -0.05) is 19.3 Å². The fourth-order valence-corrected chi connectivity index (χ4v) is 2.62. The number of hydrogen-bond acceptors (Lipinski definition) is 3. The van der Waals surface area contributed by atoms with Crippen LogP contribution in [0.25, 0.3) is 0 Å². The third kappa shape index (κ3) is 5.38. The summed E-state index contributed by atoms with van der Waals surface area (Å²) >= 11 is 0. The maximum absolute atomic E-state index is 11.9. The van der Waals surface area contributed by atoms with Gasteiger partial charge in [0.2, 0.25) is 0 Å². The molecular formula is C15H29NO2. The quantitative estimate of drug-likeness (QED) is 0.784. The van der Waals surface area contributed by atoms with Crippen molar-refractivity contribution >= 4 is 5.97 Å². The predicted molar refractivity (Wildman–Crippen MR) is 74.5 cm³/mol. The summed E-state index contributed by atoms with van der Waals surface area (Å²) in [7, 11) is 0. The first-order chi connectivity index (χ1) is 8.29. The molecule has 0 aromatic carbocycles. The normalized spacial score (nSPS) is 21.4. The van der Waals surface area contributed by atoms with E-state index in [1.54, 1.807) is 0 Å². The first-order valence-electron chi connectivity index (χ1n) is 7.28. The van der Waals surface area contributed by atoms with Crippen molar-refractivity contribution in [3.63, 3.8) is 0 Å². The fraction of sp³-hybridized carbons (Fsp3) is 0.933. The molecule has 3 nitrogen and oxygen atoms in total. The van der Waals surface area contributed by atoms with Crippen molar-refractivity contribution < 1.29 is 9.53 Å². The van der Waals surface area contributed by atoms with Gasteiger partial charge in [-0.25, -0.2) is 0 Å². The zero-order chi connectivity index (χ0) is 13.8. The monoisotopic (exact) mass is 255 g/mol. The average Bonchev–Trinajstić information content (AvgIpc) is 2.27. The molecular weight excluding hydrogens is 226 g/mol. The lowest BCUT2D eigenvalue weighted by Crippen LogP contribution is -2.46. The second-order valence-electron chi connectivity index (χ2n) is 6.61. The summed E-state index contributed by atoms with van der Waals surface area (Å²) in [6.07, 6.45) is 6.60. The lowest BCUT2D eigenvalue weighted by Gasteiger charge is -2.31. The van der Waals surface area contributed by atoms with E-state index in [1.807, 2.05) is 27.7 Å². The zero-order valence-electron chi connectivity index (χ0n) is 12.6. The molecule has 18 heavy (non-hydrogen) atoms. The molecule has 1 rings (SSSR count). The van der Waals surface area contributed by atoms with Crippen LogP contribution in [0.4, 0.5) is 0 Å². The van der Waals surface area contributed by atoms with Crippen molar-refractivity contribution in [2.24, 2.45) is 5.92 Å². The minimum Gasteiger partial charge on any atom is -0.459 e. The van der Waals surface area contributed by atoms with E-state index in [0.717, 1.165) is 0 Å². The van der Waals surface area contributed by atoms with E-state index in [2.05, 4.69) is 12.2 Å². The number of hydrogen-bond donors (Lipinski definition) is 1. The highest BCUT2D eigenvalue weighted by Crippen LogP contribution is 2.26. The van der Waals surface area contributed by atoms with Crippen molar-refractivity contribution in [2.75, 3.05) is 0 Å². The van der Waals surface area contributed by atoms with Gasteiger partial charge in [-0.05, 0) is 53.4 Å². The van der Waals surface area contributed by atoms with Gasteiger partial charge in [0.05, 0.1) is 0 Å². The molecule has 0 spiro atoms. The van der Waals surface area contributed by atoms with E-state index in [9.17, 15) is 4.79 Å². The number of rotatable bonds is 4. The summed E-state index contributed by atoms with van der Waals surface area (Å²) in [6, 6.07) is 0.175. The molecule has 106 valence electrons. The third-order valence-electron chi connectivity index (χ3n) is 3.63. The van der Waals surface area contributed by atoms with Crippen LogP contribution in [0.5, 0.6) is 0 Å². The molecule has 0 aromatic rings. The maximum Gasteiger partial charge on any atom is 0.323 e. The van der Waals surface area contributed by atoms with Crippen LogP contribution in [-0.2, 0) is 9.53 Å². The van der Waals surface area contributed by atoms with Gasteiger partial charge in [0.25, 0.3) is 0 Å². The van der Waals surface area contributed by atoms with Crippen molar-refractivity contribution in [1.29, 1.82) is 0 Å². The van der Waals surface area contributed by atoms with Crippen LogP contribution in [0.1, 0.15) is 66.7 Å². The Hall–Kier alpha value is -0.570. The number of nitrogens with one attached hydrogen (secondary N) is 1. The summed E-state index contributed by atoms with van der Waals surface area (Å²) < 4.78 is 5.39. The molecule has 0 bridgehead atoms. The molecule has 1 aliphatic carbocycles. The van der Waals surface area contributed by atoms with Crippen molar-refractivity contribution in [1.82, 2.24) is 5.32 Å². The van der Waals surface area contributed by atoms with Crippen LogP contribution in [0.2, 0.25) is 0 Å². The Morgan fingerprint density at radius 3 is 2.22 bits per heavy atom. The molecule has 0 amide bonds. The highest BCUT2D eigenvalue weighted by atomic mass is 16.6. The highest BCUT2D eigenvalue weighted by molar-refractivity contribution is 5.75. The van der Waals surface area contributed by atoms with Crippen LogP contribution < -0.4 is 5.32 Å². The van der Waals surface area contributed by atoms with Crippen LogP contribution in [0.3, 0.4) is 0 Å². The molecule has 0 heterocycles. The van der Waals surface area contributed by atoms with Crippen molar-refractivity contribution in [3.05, 3.63) is 0 Å². The molecule has 1 aliphatic rings. The Bertz CT molecular complexity index is 264. The Kier molecular flexibility index (Phi) is 5.64. The highest BCUT2D eigenvalue weighted by Gasteiger charge is 2.26. The Balaban J connectivity index is 2.38. The molecule has 1 N–H and O–H groups in total. The lowest BCUT2D eigenvalue weighted by molar-refractivity contribution is -0.157. The number of carbonyl (C=O) groups excluding carboxylic acids is 1. The summed E-state index contributed by atoms with van der Waals surface area (Å²) in [4.78, 5) is 11.9. The largest absolute Gasteiger partial charge is 0.459 e. The smallest absolute Gasteiger partial charge is 0.323 e. The van der Waals surface area contributed by atoms with Crippen molar-refractivity contribution in [2.45, 2.75) is 84.4 Å². The average molecular weight is 255 g/mol. The van der Waals surface area contributed by atoms with Gasteiger partial charge >= 0.3 is 5.97 Å². The van der Waals surface area contributed by atoms with E-state index < -0.39 is 5.60 Å². The number of carbonyl (C=O) groups is 1. The van der Waals surface area contributed by atoms with Gasteiger partial charge in [-0.2, -0.15) is 0 Å². The van der Waals surface area contributed by atoms with Gasteiger partial charge in [0.1, 0.15) is 11.6 Å². The van der Waals surface area contributed by atoms with Crippen LogP contribution in [0, 0.1) is 5.92 Å². The van der Waals surface area contributed by atoms with Gasteiger partial charge in [0.15, 0.2) is 0 Å². The van der Waals surface area contributed by atoms with Gasteiger partial charge in [-0.3, -0.25) is 4.79 Å². The minimum atomic E-state index is -0.402. The van der Waals surface area contributed by atoms with Gasteiger partial charge in [-0.15, -0.1) is 0 Å². The maximum atomic E-state index is 11.9. The van der Waals surface area contributed by atoms with Gasteiger partial charge in [0, 0.05) is 6.04 Å². The topological polar surface area (TPSA) is 38.3 Å². The number of ether oxygens (including phenoxy) is 1. The number of esters is 1. The molecule has 2 atom stereocenters. The predicted octanol–water partition coefficient (Wildman–Crippen LogP) is 3.28. The Labute approximate surface area is 112 Å². The van der Waals surface area contributed by atoms with E-state index in [1.165, 1.54) is 32.1 Å². The molecule has 3 heteroatoms. The minimum absolute atomic E-state index is 0.148. The molecule has 2 unspecified atom stereocenters. The molecule has 1 saturated carbocycles. The molecule has 0 aliphatic heterocycles. The van der Waals surface area contributed by atoms with E-state index >= 15 is 0 Å². The summed E-state index contributed by atoms with van der Waals surface area (Å²) in [6.45, 7) is 9.80. The summed E-state index contributed by atoms with van der Waals surface area (Å²) in [5, 5.41) is 3.40. The first-order valence-corrected chi connectivity index (χ1v) is 7.28. The SMILES string of the molecule is CC(NC(C)C1CCCCC1)C(=O)OC(C)(C)C. The van der Waals surface area contributed by atoms with Gasteiger partial charge < -0.3 is 10.1 Å². The standard InChI is InChI=1S/C15H29NO2/c1-11(13-9-7-6-8-10-13)16-12(2)14(17)18-15(3,4)5/h11-13,16H,6-10H2,1-5H3. The summed E-state index contributed by atoms with van der Waals surface area (Å²) in [5.41, 5.74) is -0.402. The Morgan fingerprint density at radius 2 is 1.72 bits per heavy atom.